The molecular formula is C24H28ClN3O5S. The minimum absolute atomic E-state index is 0.0730. The summed E-state index contributed by atoms with van der Waals surface area (Å²) in [5.41, 5.74) is 2.63. The summed E-state index contributed by atoms with van der Waals surface area (Å²) < 4.78 is 16.1. The van der Waals surface area contributed by atoms with Crippen molar-refractivity contribution in [3.63, 3.8) is 0 Å². The Bertz CT molecular complexity index is 1020. The molecule has 10 heteroatoms. The van der Waals surface area contributed by atoms with Crippen molar-refractivity contribution in [1.82, 2.24) is 10.2 Å². The number of fused-ring (bicyclic) bond motifs is 1. The van der Waals surface area contributed by atoms with Gasteiger partial charge in [-0.25, -0.2) is 9.79 Å². The van der Waals surface area contributed by atoms with Crippen molar-refractivity contribution in [3.8, 4) is 0 Å². The number of carbonyl (C=O) groups excluding carboxylic acids is 2. The Kier molecular flexibility index (Phi) is 8.31. The number of allylic oxidation sites excluding steroid dienone is 1. The fraction of sp³-hybridized carbons (Fsp3) is 0.458. The van der Waals surface area contributed by atoms with Crippen LogP contribution < -0.4 is 5.32 Å². The first-order valence-corrected chi connectivity index (χ1v) is 12.5. The molecule has 0 bridgehead atoms. The number of hydrogen-bond donors (Lipinski definition) is 1. The molecule has 3 heterocycles. The maximum Gasteiger partial charge on any atom is 0.338 e. The first-order valence-electron chi connectivity index (χ1n) is 11.2. The van der Waals surface area contributed by atoms with Crippen molar-refractivity contribution in [2.45, 2.75) is 38.3 Å². The van der Waals surface area contributed by atoms with Crippen molar-refractivity contribution >= 4 is 40.4 Å². The highest BCUT2D eigenvalue weighted by molar-refractivity contribution is 8.16. The molecule has 1 saturated heterocycles. The van der Waals surface area contributed by atoms with Crippen molar-refractivity contribution in [2.24, 2.45) is 4.99 Å². The van der Waals surface area contributed by atoms with E-state index in [-0.39, 0.29) is 25.0 Å². The zero-order valence-electron chi connectivity index (χ0n) is 19.2. The molecule has 8 nitrogen and oxygen atoms in total. The summed E-state index contributed by atoms with van der Waals surface area (Å²) in [6.07, 6.45) is 2.21. The summed E-state index contributed by atoms with van der Waals surface area (Å²) in [5.74, 6) is -0.565. The molecule has 3 aliphatic heterocycles. The molecule has 0 aromatic heterocycles. The summed E-state index contributed by atoms with van der Waals surface area (Å²) >= 11 is 7.56. The molecule has 1 aromatic rings. The van der Waals surface area contributed by atoms with Gasteiger partial charge in [0.1, 0.15) is 6.61 Å². The second-order valence-electron chi connectivity index (χ2n) is 8.19. The molecule has 0 unspecified atom stereocenters. The molecule has 1 fully saturated rings. The maximum atomic E-state index is 13.1. The van der Waals surface area contributed by atoms with Gasteiger partial charge in [-0.15, -0.1) is 0 Å². The van der Waals surface area contributed by atoms with E-state index < -0.39 is 12.0 Å². The number of thioether (sulfide) groups is 1. The van der Waals surface area contributed by atoms with Crippen LogP contribution in [0.2, 0.25) is 5.02 Å². The van der Waals surface area contributed by atoms with Gasteiger partial charge in [-0.3, -0.25) is 4.79 Å². The van der Waals surface area contributed by atoms with Gasteiger partial charge in [-0.1, -0.05) is 35.5 Å². The quantitative estimate of drug-likeness (QED) is 0.403. The Morgan fingerprint density at radius 2 is 2.09 bits per heavy atom. The number of carbonyl (C=O) groups is 2. The second-order valence-corrected chi connectivity index (χ2v) is 9.46. The number of halogens is 1. The fourth-order valence-electron chi connectivity index (χ4n) is 4.15. The number of methoxy groups -OCH3 is 1. The van der Waals surface area contributed by atoms with E-state index in [2.05, 4.69) is 10.3 Å². The molecule has 0 spiro atoms. The van der Waals surface area contributed by atoms with Crippen LogP contribution in [-0.4, -0.2) is 61.5 Å². The monoisotopic (exact) mass is 505 g/mol. The van der Waals surface area contributed by atoms with Gasteiger partial charge in [0.25, 0.3) is 0 Å². The smallest absolute Gasteiger partial charge is 0.338 e. The number of benzene rings is 1. The number of aliphatic imine (C=N–C) groups is 1. The van der Waals surface area contributed by atoms with Gasteiger partial charge in [0.2, 0.25) is 5.91 Å². The standard InChI is InChI=1S/C24H28ClN3O5S/c1-15-21(23(30)33-11-10-31-2)22(16-5-7-17(25)8-6-16)28-18(14-34-24(28)27-15)12-20(29)26-13-19-4-3-9-32-19/h5-8,14,19,22H,3-4,9-13H2,1-2H3,(H,26,29)/t19-,22-/m0/s1. The highest BCUT2D eigenvalue weighted by atomic mass is 35.5. The number of amides is 1. The fourth-order valence-corrected chi connectivity index (χ4v) is 5.24. The number of nitrogens with zero attached hydrogens (tertiary/aromatic N) is 2. The van der Waals surface area contributed by atoms with Crippen LogP contribution in [0.3, 0.4) is 0 Å². The predicted octanol–water partition coefficient (Wildman–Crippen LogP) is 3.79. The van der Waals surface area contributed by atoms with Crippen molar-refractivity contribution in [2.75, 3.05) is 33.5 Å². The van der Waals surface area contributed by atoms with Gasteiger partial charge in [0, 0.05) is 31.0 Å². The Hall–Kier alpha value is -2.33. The number of hydrogen-bond acceptors (Lipinski definition) is 8. The largest absolute Gasteiger partial charge is 0.460 e. The van der Waals surface area contributed by atoms with Gasteiger partial charge in [-0.2, -0.15) is 0 Å². The van der Waals surface area contributed by atoms with E-state index in [4.69, 9.17) is 25.8 Å². The van der Waals surface area contributed by atoms with Crippen molar-refractivity contribution in [1.29, 1.82) is 0 Å². The highest BCUT2D eigenvalue weighted by Gasteiger charge is 2.41. The lowest BCUT2D eigenvalue weighted by Crippen LogP contribution is -2.39. The van der Waals surface area contributed by atoms with Crippen LogP contribution in [0, 0.1) is 0 Å². The first-order chi connectivity index (χ1) is 16.5. The topological polar surface area (TPSA) is 89.5 Å². The number of ether oxygens (including phenoxy) is 3. The highest BCUT2D eigenvalue weighted by Crippen LogP contribution is 2.45. The molecular weight excluding hydrogens is 478 g/mol. The molecule has 0 saturated carbocycles. The molecule has 1 amide bonds. The van der Waals surface area contributed by atoms with Gasteiger partial charge in [0.15, 0.2) is 5.17 Å². The zero-order chi connectivity index (χ0) is 24.1. The predicted molar refractivity (Wildman–Crippen MR) is 131 cm³/mol. The minimum atomic E-state index is -0.493. The summed E-state index contributed by atoms with van der Waals surface area (Å²) in [5, 5.41) is 6.20. The van der Waals surface area contributed by atoms with Crippen LogP contribution in [0.15, 0.2) is 51.6 Å². The van der Waals surface area contributed by atoms with E-state index in [1.165, 1.54) is 11.8 Å². The second kappa shape index (κ2) is 11.4. The first kappa shape index (κ1) is 24.8. The van der Waals surface area contributed by atoms with Crippen LogP contribution in [0.1, 0.15) is 37.8 Å². The summed E-state index contributed by atoms with van der Waals surface area (Å²) in [6.45, 7) is 3.48. The molecule has 0 radical (unpaired) electrons. The van der Waals surface area contributed by atoms with Crippen LogP contribution in [0.5, 0.6) is 0 Å². The third-order valence-corrected chi connectivity index (χ3v) is 6.96. The third-order valence-electron chi connectivity index (χ3n) is 5.82. The van der Waals surface area contributed by atoms with Crippen LogP contribution in [0.4, 0.5) is 0 Å². The zero-order valence-corrected chi connectivity index (χ0v) is 20.8. The Labute approximate surface area is 208 Å². The number of rotatable bonds is 9. The summed E-state index contributed by atoms with van der Waals surface area (Å²) in [4.78, 5) is 32.5. The molecule has 3 aliphatic rings. The lowest BCUT2D eigenvalue weighted by Gasteiger charge is -2.36. The number of esters is 1. The molecule has 34 heavy (non-hydrogen) atoms. The molecule has 2 atom stereocenters. The Balaban J connectivity index is 1.57. The molecule has 1 N–H and O–H groups in total. The summed E-state index contributed by atoms with van der Waals surface area (Å²) in [7, 11) is 1.55. The van der Waals surface area contributed by atoms with Crippen LogP contribution >= 0.6 is 23.4 Å². The Morgan fingerprint density at radius 3 is 2.79 bits per heavy atom. The molecule has 4 rings (SSSR count). The van der Waals surface area contributed by atoms with Crippen LogP contribution in [0.25, 0.3) is 0 Å². The lowest BCUT2D eigenvalue weighted by atomic mass is 9.94. The van der Waals surface area contributed by atoms with E-state index in [0.717, 1.165) is 30.7 Å². The van der Waals surface area contributed by atoms with E-state index in [1.807, 2.05) is 22.4 Å². The minimum Gasteiger partial charge on any atom is -0.460 e. The average molecular weight is 506 g/mol. The normalized spacial score (nSPS) is 21.8. The van der Waals surface area contributed by atoms with E-state index >= 15 is 0 Å². The number of nitrogens with one attached hydrogen (secondary N) is 1. The van der Waals surface area contributed by atoms with E-state index in [9.17, 15) is 9.59 Å². The maximum absolute atomic E-state index is 13.1. The van der Waals surface area contributed by atoms with E-state index in [1.54, 1.807) is 26.2 Å². The summed E-state index contributed by atoms with van der Waals surface area (Å²) in [6, 6.07) is 6.83. The van der Waals surface area contributed by atoms with Crippen molar-refractivity contribution < 1.29 is 23.8 Å². The third kappa shape index (κ3) is 5.66. The van der Waals surface area contributed by atoms with Crippen LogP contribution in [-0.2, 0) is 23.8 Å². The average Bonchev–Trinajstić information content (AvgIpc) is 3.48. The molecule has 182 valence electrons. The van der Waals surface area contributed by atoms with Gasteiger partial charge < -0.3 is 24.4 Å². The van der Waals surface area contributed by atoms with Gasteiger partial charge >= 0.3 is 5.97 Å². The van der Waals surface area contributed by atoms with Gasteiger partial charge in [-0.05, 0) is 42.9 Å². The van der Waals surface area contributed by atoms with Gasteiger partial charge in [0.05, 0.1) is 36.4 Å². The van der Waals surface area contributed by atoms with E-state index in [0.29, 0.717) is 34.6 Å². The molecule has 0 aliphatic carbocycles. The lowest BCUT2D eigenvalue weighted by molar-refractivity contribution is -0.141. The molecule has 1 aromatic carbocycles. The SMILES string of the molecule is COCCOC(=O)C1=C(C)N=C2SC=C(CC(=O)NC[C@@H]3CCCO3)N2[C@H]1c1ccc(Cl)cc1. The van der Waals surface area contributed by atoms with Crippen molar-refractivity contribution in [3.05, 3.63) is 57.2 Å². The Morgan fingerprint density at radius 1 is 1.29 bits per heavy atom. The number of amidine groups is 1.